The number of ether oxygens (including phenoxy) is 1. The monoisotopic (exact) mass is 297 g/mol. The predicted molar refractivity (Wildman–Crippen MR) is 83.9 cm³/mol. The fourth-order valence-electron chi connectivity index (χ4n) is 3.07. The molecule has 4 heteroatoms. The summed E-state index contributed by atoms with van der Waals surface area (Å²) in [6, 6.07) is 0.0385. The third kappa shape index (κ3) is 6.96. The van der Waals surface area contributed by atoms with Gasteiger partial charge in [0.15, 0.2) is 0 Å². The van der Waals surface area contributed by atoms with Crippen molar-refractivity contribution in [3.63, 3.8) is 0 Å². The van der Waals surface area contributed by atoms with Gasteiger partial charge in [0.05, 0.1) is 6.61 Å². The molecule has 0 atom stereocenters. The molecule has 1 amide bonds. The van der Waals surface area contributed by atoms with Crippen molar-refractivity contribution in [3.05, 3.63) is 0 Å². The van der Waals surface area contributed by atoms with Crippen molar-refractivity contribution in [1.82, 2.24) is 4.90 Å². The molecule has 1 fully saturated rings. The maximum Gasteiger partial charge on any atom is 0.325 e. The average molecular weight is 297 g/mol. The zero-order valence-electron chi connectivity index (χ0n) is 13.9. The Morgan fingerprint density at radius 1 is 1.19 bits per heavy atom. The summed E-state index contributed by atoms with van der Waals surface area (Å²) in [5, 5.41) is 0. The molecule has 0 heterocycles. The van der Waals surface area contributed by atoms with Crippen LogP contribution in [0.1, 0.15) is 72.1 Å². The lowest BCUT2D eigenvalue weighted by Gasteiger charge is -2.26. The molecule has 0 aromatic rings. The molecule has 1 rings (SSSR count). The summed E-state index contributed by atoms with van der Waals surface area (Å²) in [5.74, 6) is 0.574. The van der Waals surface area contributed by atoms with E-state index >= 15 is 0 Å². The van der Waals surface area contributed by atoms with Gasteiger partial charge in [0.2, 0.25) is 5.91 Å². The molecule has 1 aliphatic carbocycles. The lowest BCUT2D eigenvalue weighted by molar-refractivity contribution is -0.150. The Kier molecular flexibility index (Phi) is 8.40. The Morgan fingerprint density at radius 3 is 2.43 bits per heavy atom. The van der Waals surface area contributed by atoms with Crippen LogP contribution in [0.4, 0.5) is 0 Å². The van der Waals surface area contributed by atoms with Crippen LogP contribution in [0.25, 0.3) is 0 Å². The van der Waals surface area contributed by atoms with Crippen molar-refractivity contribution in [2.45, 2.75) is 78.2 Å². The van der Waals surface area contributed by atoms with E-state index in [1.54, 1.807) is 11.8 Å². The summed E-state index contributed by atoms with van der Waals surface area (Å²) >= 11 is 0. The summed E-state index contributed by atoms with van der Waals surface area (Å²) in [6.07, 6.45) is 9.35. The fourth-order valence-corrected chi connectivity index (χ4v) is 3.07. The topological polar surface area (TPSA) is 46.6 Å². The average Bonchev–Trinajstić information content (AvgIpc) is 2.45. The van der Waals surface area contributed by atoms with Crippen molar-refractivity contribution in [2.75, 3.05) is 13.2 Å². The van der Waals surface area contributed by atoms with Crippen LogP contribution in [0.15, 0.2) is 0 Å². The normalized spacial score (nSPS) is 16.0. The first-order valence-electron chi connectivity index (χ1n) is 8.49. The van der Waals surface area contributed by atoms with E-state index in [0.717, 1.165) is 18.8 Å². The van der Waals surface area contributed by atoms with Crippen molar-refractivity contribution >= 4 is 11.9 Å². The smallest absolute Gasteiger partial charge is 0.325 e. The lowest BCUT2D eigenvalue weighted by Crippen LogP contribution is -2.41. The van der Waals surface area contributed by atoms with Crippen LogP contribution in [0.5, 0.6) is 0 Å². The van der Waals surface area contributed by atoms with E-state index in [0.29, 0.717) is 13.0 Å². The zero-order valence-corrected chi connectivity index (χ0v) is 13.9. The van der Waals surface area contributed by atoms with E-state index < -0.39 is 0 Å². The molecule has 1 saturated carbocycles. The molecule has 0 radical (unpaired) electrons. The van der Waals surface area contributed by atoms with Gasteiger partial charge in [-0.2, -0.15) is 0 Å². The molecule has 4 nitrogen and oxygen atoms in total. The van der Waals surface area contributed by atoms with Gasteiger partial charge in [0.1, 0.15) is 6.54 Å². The molecule has 0 aromatic carbocycles. The predicted octanol–water partition coefficient (Wildman–Crippen LogP) is 3.54. The number of hydrogen-bond donors (Lipinski definition) is 0. The molecular weight excluding hydrogens is 266 g/mol. The van der Waals surface area contributed by atoms with Crippen molar-refractivity contribution in [2.24, 2.45) is 5.92 Å². The number of carbonyl (C=O) groups excluding carboxylic acids is 2. The summed E-state index contributed by atoms with van der Waals surface area (Å²) in [6.45, 7) is 6.11. The molecular formula is C17H31NO3. The van der Waals surface area contributed by atoms with Crippen LogP contribution in [-0.2, 0) is 14.3 Å². The summed E-state index contributed by atoms with van der Waals surface area (Å²) in [5.41, 5.74) is 0. The standard InChI is InChI=1S/C17H31NO3/c1-4-21-17(20)13-18(14(2)3)16(19)12-8-11-15-9-6-5-7-10-15/h14-15H,4-13H2,1-3H3. The Balaban J connectivity index is 2.32. The van der Waals surface area contributed by atoms with E-state index in [-0.39, 0.29) is 24.5 Å². The first kappa shape index (κ1) is 18.0. The maximum atomic E-state index is 12.3. The second-order valence-electron chi connectivity index (χ2n) is 6.32. The molecule has 1 aliphatic rings. The van der Waals surface area contributed by atoms with Gasteiger partial charge in [-0.05, 0) is 39.5 Å². The number of amides is 1. The van der Waals surface area contributed by atoms with E-state index in [1.165, 1.54) is 32.1 Å². The van der Waals surface area contributed by atoms with Crippen LogP contribution in [0, 0.1) is 5.92 Å². The summed E-state index contributed by atoms with van der Waals surface area (Å²) in [4.78, 5) is 25.5. The van der Waals surface area contributed by atoms with Gasteiger partial charge in [0.25, 0.3) is 0 Å². The molecule has 0 saturated heterocycles. The highest BCUT2D eigenvalue weighted by Gasteiger charge is 2.21. The van der Waals surface area contributed by atoms with Crippen LogP contribution < -0.4 is 0 Å². The number of hydrogen-bond acceptors (Lipinski definition) is 3. The molecule has 0 spiro atoms. The number of rotatable bonds is 8. The van der Waals surface area contributed by atoms with Gasteiger partial charge < -0.3 is 9.64 Å². The van der Waals surface area contributed by atoms with Crippen LogP contribution >= 0.6 is 0 Å². The van der Waals surface area contributed by atoms with E-state index in [1.807, 2.05) is 13.8 Å². The maximum absolute atomic E-state index is 12.3. The number of esters is 1. The van der Waals surface area contributed by atoms with Gasteiger partial charge >= 0.3 is 5.97 Å². The zero-order chi connectivity index (χ0) is 15.7. The highest BCUT2D eigenvalue weighted by molar-refractivity contribution is 5.82. The Bertz CT molecular complexity index is 322. The third-order valence-corrected chi connectivity index (χ3v) is 4.28. The summed E-state index contributed by atoms with van der Waals surface area (Å²) in [7, 11) is 0. The molecule has 0 unspecified atom stereocenters. The molecule has 0 bridgehead atoms. The van der Waals surface area contributed by atoms with Crippen molar-refractivity contribution in [3.8, 4) is 0 Å². The first-order chi connectivity index (χ1) is 10.0. The van der Waals surface area contributed by atoms with Gasteiger partial charge in [-0.25, -0.2) is 0 Å². The van der Waals surface area contributed by atoms with Crippen LogP contribution in [-0.4, -0.2) is 36.0 Å². The van der Waals surface area contributed by atoms with E-state index in [2.05, 4.69) is 0 Å². The van der Waals surface area contributed by atoms with Gasteiger partial charge in [-0.3, -0.25) is 9.59 Å². The lowest BCUT2D eigenvalue weighted by atomic mass is 9.86. The SMILES string of the molecule is CCOC(=O)CN(C(=O)CCCC1CCCCC1)C(C)C. The highest BCUT2D eigenvalue weighted by Crippen LogP contribution is 2.27. The quantitative estimate of drug-likeness (QED) is 0.644. The van der Waals surface area contributed by atoms with Gasteiger partial charge in [0, 0.05) is 12.5 Å². The molecule has 0 N–H and O–H groups in total. The highest BCUT2D eigenvalue weighted by atomic mass is 16.5. The second kappa shape index (κ2) is 9.80. The minimum atomic E-state index is -0.313. The minimum Gasteiger partial charge on any atom is -0.465 e. The van der Waals surface area contributed by atoms with E-state index in [4.69, 9.17) is 4.74 Å². The third-order valence-electron chi connectivity index (χ3n) is 4.28. The second-order valence-corrected chi connectivity index (χ2v) is 6.32. The number of nitrogens with zero attached hydrogens (tertiary/aromatic N) is 1. The number of carbonyl (C=O) groups is 2. The van der Waals surface area contributed by atoms with Gasteiger partial charge in [-0.1, -0.05) is 32.1 Å². The van der Waals surface area contributed by atoms with Gasteiger partial charge in [-0.15, -0.1) is 0 Å². The van der Waals surface area contributed by atoms with Crippen LogP contribution in [0.3, 0.4) is 0 Å². The molecule has 122 valence electrons. The van der Waals surface area contributed by atoms with Crippen LogP contribution in [0.2, 0.25) is 0 Å². The molecule has 21 heavy (non-hydrogen) atoms. The van der Waals surface area contributed by atoms with E-state index in [9.17, 15) is 9.59 Å². The summed E-state index contributed by atoms with van der Waals surface area (Å²) < 4.78 is 4.94. The Morgan fingerprint density at radius 2 is 1.86 bits per heavy atom. The fraction of sp³-hybridized carbons (Fsp3) is 0.882. The minimum absolute atomic E-state index is 0.0385. The van der Waals surface area contributed by atoms with Crippen molar-refractivity contribution in [1.29, 1.82) is 0 Å². The molecule has 0 aliphatic heterocycles. The van der Waals surface area contributed by atoms with Crippen molar-refractivity contribution < 1.29 is 14.3 Å². The molecule has 0 aromatic heterocycles. The Labute approximate surface area is 129 Å². The largest absolute Gasteiger partial charge is 0.465 e. The Hall–Kier alpha value is -1.06. The first-order valence-corrected chi connectivity index (χ1v) is 8.49.